The minimum atomic E-state index is -3.75. The molecule has 1 heterocycles. The van der Waals surface area contributed by atoms with Crippen molar-refractivity contribution in [3.63, 3.8) is 0 Å². The SMILES string of the molecule is CCn1c(CNC(=O)[C@H](C)NS(=O)(=O)c2ccccc2)nc2ccccc21. The van der Waals surface area contributed by atoms with Crippen molar-refractivity contribution in [2.24, 2.45) is 0 Å². The molecule has 0 bridgehead atoms. The molecule has 8 heteroatoms. The lowest BCUT2D eigenvalue weighted by Crippen LogP contribution is -2.44. The molecule has 0 spiro atoms. The van der Waals surface area contributed by atoms with Crippen molar-refractivity contribution < 1.29 is 13.2 Å². The number of carbonyl (C=O) groups excluding carboxylic acids is 1. The first-order valence-corrected chi connectivity index (χ1v) is 10.2. The van der Waals surface area contributed by atoms with Gasteiger partial charge >= 0.3 is 0 Å². The summed E-state index contributed by atoms with van der Waals surface area (Å²) in [6.45, 7) is 4.47. The van der Waals surface area contributed by atoms with Gasteiger partial charge in [0.1, 0.15) is 5.82 Å². The Labute approximate surface area is 158 Å². The van der Waals surface area contributed by atoms with Gasteiger partial charge in [-0.05, 0) is 38.1 Å². The number of nitrogens with one attached hydrogen (secondary N) is 2. The summed E-state index contributed by atoms with van der Waals surface area (Å²) in [6.07, 6.45) is 0. The molecule has 7 nitrogen and oxygen atoms in total. The van der Waals surface area contributed by atoms with Crippen molar-refractivity contribution in [1.82, 2.24) is 19.6 Å². The number of aryl methyl sites for hydroxylation is 1. The number of carbonyl (C=O) groups is 1. The maximum absolute atomic E-state index is 12.4. The summed E-state index contributed by atoms with van der Waals surface area (Å²) in [5, 5.41) is 2.76. The number of imidazole rings is 1. The van der Waals surface area contributed by atoms with E-state index in [-0.39, 0.29) is 11.4 Å². The molecule has 27 heavy (non-hydrogen) atoms. The molecule has 0 aliphatic carbocycles. The summed E-state index contributed by atoms with van der Waals surface area (Å²) in [5.41, 5.74) is 1.86. The highest BCUT2D eigenvalue weighted by molar-refractivity contribution is 7.89. The molecule has 0 saturated heterocycles. The fourth-order valence-electron chi connectivity index (χ4n) is 2.89. The molecule has 1 atom stereocenters. The van der Waals surface area contributed by atoms with Gasteiger partial charge in [-0.3, -0.25) is 4.79 Å². The zero-order valence-corrected chi connectivity index (χ0v) is 16.0. The summed E-state index contributed by atoms with van der Waals surface area (Å²) in [6, 6.07) is 14.8. The van der Waals surface area contributed by atoms with E-state index in [4.69, 9.17) is 0 Å². The van der Waals surface area contributed by atoms with E-state index in [1.165, 1.54) is 19.1 Å². The van der Waals surface area contributed by atoms with E-state index in [9.17, 15) is 13.2 Å². The van der Waals surface area contributed by atoms with Gasteiger partial charge < -0.3 is 9.88 Å². The maximum Gasteiger partial charge on any atom is 0.241 e. The van der Waals surface area contributed by atoms with Crippen LogP contribution in [0.25, 0.3) is 11.0 Å². The molecule has 0 aliphatic rings. The summed E-state index contributed by atoms with van der Waals surface area (Å²) >= 11 is 0. The third kappa shape index (κ3) is 4.17. The number of para-hydroxylation sites is 2. The number of nitrogens with zero attached hydrogens (tertiary/aromatic N) is 2. The van der Waals surface area contributed by atoms with Crippen LogP contribution in [-0.2, 0) is 27.9 Å². The van der Waals surface area contributed by atoms with Gasteiger partial charge in [-0.1, -0.05) is 30.3 Å². The Morgan fingerprint density at radius 1 is 1.11 bits per heavy atom. The van der Waals surface area contributed by atoms with Crippen LogP contribution in [0, 0.1) is 0 Å². The highest BCUT2D eigenvalue weighted by Crippen LogP contribution is 2.15. The van der Waals surface area contributed by atoms with Crippen LogP contribution in [0.1, 0.15) is 19.7 Å². The van der Waals surface area contributed by atoms with Crippen LogP contribution in [0.15, 0.2) is 59.5 Å². The molecule has 142 valence electrons. The van der Waals surface area contributed by atoms with Crippen molar-refractivity contribution in [2.75, 3.05) is 0 Å². The van der Waals surface area contributed by atoms with Crippen LogP contribution in [0.3, 0.4) is 0 Å². The minimum Gasteiger partial charge on any atom is -0.347 e. The Hall–Kier alpha value is -2.71. The van der Waals surface area contributed by atoms with Crippen molar-refractivity contribution in [3.05, 3.63) is 60.4 Å². The number of hydrogen-bond acceptors (Lipinski definition) is 4. The monoisotopic (exact) mass is 386 g/mol. The number of hydrogen-bond donors (Lipinski definition) is 2. The number of rotatable bonds is 7. The first-order valence-electron chi connectivity index (χ1n) is 8.71. The molecule has 3 rings (SSSR count). The second-order valence-electron chi connectivity index (χ2n) is 6.13. The highest BCUT2D eigenvalue weighted by Gasteiger charge is 2.22. The molecule has 1 aromatic heterocycles. The number of benzene rings is 2. The van der Waals surface area contributed by atoms with E-state index in [2.05, 4.69) is 15.0 Å². The van der Waals surface area contributed by atoms with Crippen LogP contribution in [0.5, 0.6) is 0 Å². The molecule has 2 aromatic carbocycles. The predicted octanol–water partition coefficient (Wildman–Crippen LogP) is 2.04. The highest BCUT2D eigenvalue weighted by atomic mass is 32.2. The Bertz CT molecular complexity index is 1050. The van der Waals surface area contributed by atoms with Crippen LogP contribution in [0.2, 0.25) is 0 Å². The molecule has 0 fully saturated rings. The van der Waals surface area contributed by atoms with Gasteiger partial charge in [0, 0.05) is 6.54 Å². The van der Waals surface area contributed by atoms with Gasteiger partial charge in [0.05, 0.1) is 28.5 Å². The molecule has 2 N–H and O–H groups in total. The average molecular weight is 386 g/mol. The maximum atomic E-state index is 12.4. The normalized spacial score (nSPS) is 12.8. The molecular weight excluding hydrogens is 364 g/mol. The van der Waals surface area contributed by atoms with E-state index in [1.54, 1.807) is 18.2 Å². The van der Waals surface area contributed by atoms with Gasteiger partial charge in [-0.2, -0.15) is 4.72 Å². The summed E-state index contributed by atoms with van der Waals surface area (Å²) in [5.74, 6) is 0.314. The van der Waals surface area contributed by atoms with E-state index < -0.39 is 22.0 Å². The molecular formula is C19H22N4O3S. The summed E-state index contributed by atoms with van der Waals surface area (Å²) < 4.78 is 29.1. The fourth-order valence-corrected chi connectivity index (χ4v) is 4.11. The second kappa shape index (κ2) is 7.89. The summed E-state index contributed by atoms with van der Waals surface area (Å²) in [7, 11) is -3.75. The lowest BCUT2D eigenvalue weighted by Gasteiger charge is -2.14. The average Bonchev–Trinajstić information content (AvgIpc) is 3.03. The Morgan fingerprint density at radius 3 is 2.48 bits per heavy atom. The number of amides is 1. The summed E-state index contributed by atoms with van der Waals surface area (Å²) in [4.78, 5) is 17.0. The quantitative estimate of drug-likeness (QED) is 0.650. The third-order valence-electron chi connectivity index (χ3n) is 4.25. The van der Waals surface area contributed by atoms with Gasteiger partial charge in [0.2, 0.25) is 15.9 Å². The molecule has 0 radical (unpaired) electrons. The van der Waals surface area contributed by atoms with Crippen molar-refractivity contribution >= 4 is 27.0 Å². The van der Waals surface area contributed by atoms with Crippen molar-refractivity contribution in [3.8, 4) is 0 Å². The smallest absolute Gasteiger partial charge is 0.241 e. The van der Waals surface area contributed by atoms with E-state index >= 15 is 0 Å². The molecule has 0 unspecified atom stereocenters. The van der Waals surface area contributed by atoms with E-state index in [1.807, 2.05) is 35.8 Å². The third-order valence-corrected chi connectivity index (χ3v) is 5.81. The number of fused-ring (bicyclic) bond motifs is 1. The topological polar surface area (TPSA) is 93.1 Å². The lowest BCUT2D eigenvalue weighted by molar-refractivity contribution is -0.122. The lowest BCUT2D eigenvalue weighted by atomic mass is 10.3. The van der Waals surface area contributed by atoms with E-state index in [0.29, 0.717) is 0 Å². The first-order chi connectivity index (χ1) is 12.9. The van der Waals surface area contributed by atoms with Gasteiger partial charge in [0.15, 0.2) is 0 Å². The van der Waals surface area contributed by atoms with Crippen LogP contribution in [-0.4, -0.2) is 29.9 Å². The number of sulfonamides is 1. The molecule has 3 aromatic rings. The van der Waals surface area contributed by atoms with E-state index in [0.717, 1.165) is 23.4 Å². The Kier molecular flexibility index (Phi) is 5.57. The van der Waals surface area contributed by atoms with Crippen molar-refractivity contribution in [2.45, 2.75) is 37.9 Å². The Balaban J connectivity index is 1.67. The van der Waals surface area contributed by atoms with Gasteiger partial charge in [-0.25, -0.2) is 13.4 Å². The first kappa shape index (κ1) is 19.1. The standard InChI is InChI=1S/C19H22N4O3S/c1-3-23-17-12-8-7-11-16(17)21-18(23)13-20-19(24)14(2)22-27(25,26)15-9-5-4-6-10-15/h4-12,14,22H,3,13H2,1-2H3,(H,20,24)/t14-/m0/s1. The minimum absolute atomic E-state index is 0.123. The van der Waals surface area contributed by atoms with Gasteiger partial charge in [0.25, 0.3) is 0 Å². The van der Waals surface area contributed by atoms with Gasteiger partial charge in [-0.15, -0.1) is 0 Å². The molecule has 1 amide bonds. The Morgan fingerprint density at radius 2 is 1.78 bits per heavy atom. The largest absolute Gasteiger partial charge is 0.347 e. The van der Waals surface area contributed by atoms with Crippen LogP contribution >= 0.6 is 0 Å². The zero-order chi connectivity index (χ0) is 19.4. The second-order valence-corrected chi connectivity index (χ2v) is 7.85. The molecule has 0 aliphatic heterocycles. The fraction of sp³-hybridized carbons (Fsp3) is 0.263. The van der Waals surface area contributed by atoms with Crippen LogP contribution in [0.4, 0.5) is 0 Å². The zero-order valence-electron chi connectivity index (χ0n) is 15.2. The predicted molar refractivity (Wildman–Crippen MR) is 103 cm³/mol. The number of aromatic nitrogens is 2. The molecule has 0 saturated carbocycles. The van der Waals surface area contributed by atoms with Crippen molar-refractivity contribution in [1.29, 1.82) is 0 Å². The van der Waals surface area contributed by atoms with Crippen LogP contribution < -0.4 is 10.0 Å².